The average molecular weight is 457 g/mol. The van der Waals surface area contributed by atoms with Crippen molar-refractivity contribution in [3.8, 4) is 11.1 Å². The molecule has 1 saturated carbocycles. The molecule has 0 saturated heterocycles. The minimum absolute atomic E-state index is 0.105. The van der Waals surface area contributed by atoms with Crippen molar-refractivity contribution in [3.05, 3.63) is 83.0 Å². The van der Waals surface area contributed by atoms with Crippen LogP contribution in [0.2, 0.25) is 0 Å². The number of carbonyl (C=O) groups is 2. The molecule has 0 bridgehead atoms. The lowest BCUT2D eigenvalue weighted by Gasteiger charge is -2.11. The molecule has 0 atom stereocenters. The SMILES string of the molecule is CCOC(=O)c1ccccc1NC(=O)Cn1cc(-c2ccccc2)c2ncn(C3CC3)c(=O)c21. The zero-order valence-electron chi connectivity index (χ0n) is 18.7. The molecule has 4 aromatic rings. The predicted molar refractivity (Wildman–Crippen MR) is 129 cm³/mol. The van der Waals surface area contributed by atoms with Gasteiger partial charge in [0.2, 0.25) is 5.91 Å². The summed E-state index contributed by atoms with van der Waals surface area (Å²) in [5.74, 6) is -0.873. The highest BCUT2D eigenvalue weighted by Gasteiger charge is 2.27. The standard InChI is InChI=1S/C26H24N4O4/c1-2-34-26(33)19-10-6-7-11-21(19)28-22(31)15-29-14-20(17-8-4-3-5-9-17)23-24(29)25(32)30(16-27-23)18-12-13-18/h3-11,14,16,18H,2,12-13,15H2,1H3,(H,28,31). The fourth-order valence-corrected chi connectivity index (χ4v) is 4.08. The number of hydrogen-bond donors (Lipinski definition) is 1. The zero-order chi connectivity index (χ0) is 23.7. The zero-order valence-corrected chi connectivity index (χ0v) is 18.7. The van der Waals surface area contributed by atoms with Crippen molar-refractivity contribution in [2.45, 2.75) is 32.4 Å². The number of rotatable bonds is 7. The van der Waals surface area contributed by atoms with Gasteiger partial charge in [-0.3, -0.25) is 14.2 Å². The van der Waals surface area contributed by atoms with Crippen LogP contribution < -0.4 is 10.9 Å². The minimum Gasteiger partial charge on any atom is -0.462 e. The molecular formula is C26H24N4O4. The van der Waals surface area contributed by atoms with Crippen LogP contribution in [-0.2, 0) is 16.1 Å². The van der Waals surface area contributed by atoms with Gasteiger partial charge in [-0.2, -0.15) is 0 Å². The first-order chi connectivity index (χ1) is 16.6. The molecule has 5 rings (SSSR count). The lowest BCUT2D eigenvalue weighted by molar-refractivity contribution is -0.116. The molecule has 1 aliphatic rings. The van der Waals surface area contributed by atoms with E-state index in [1.807, 2.05) is 30.3 Å². The summed E-state index contributed by atoms with van der Waals surface area (Å²) in [5.41, 5.74) is 3.13. The normalized spacial score (nSPS) is 13.1. The predicted octanol–water partition coefficient (Wildman–Crippen LogP) is 4.02. The van der Waals surface area contributed by atoms with E-state index in [0.717, 1.165) is 24.0 Å². The Morgan fingerprint density at radius 1 is 1.09 bits per heavy atom. The number of nitrogens with zero attached hydrogens (tertiary/aromatic N) is 3. The molecule has 2 heterocycles. The molecule has 0 radical (unpaired) electrons. The van der Waals surface area contributed by atoms with Gasteiger partial charge in [-0.25, -0.2) is 9.78 Å². The van der Waals surface area contributed by atoms with Crippen LogP contribution in [0.15, 0.2) is 71.9 Å². The smallest absolute Gasteiger partial charge is 0.340 e. The number of fused-ring (bicyclic) bond motifs is 1. The maximum absolute atomic E-state index is 13.3. The molecule has 1 N–H and O–H groups in total. The second-order valence-electron chi connectivity index (χ2n) is 8.24. The molecule has 2 aromatic carbocycles. The molecule has 2 aromatic heterocycles. The molecule has 8 nitrogen and oxygen atoms in total. The molecule has 8 heteroatoms. The van der Waals surface area contributed by atoms with Crippen LogP contribution in [0, 0.1) is 0 Å². The summed E-state index contributed by atoms with van der Waals surface area (Å²) in [6.45, 7) is 1.86. The second-order valence-corrected chi connectivity index (χ2v) is 8.24. The van der Waals surface area contributed by atoms with Gasteiger partial charge in [-0.05, 0) is 37.5 Å². The summed E-state index contributed by atoms with van der Waals surface area (Å²) < 4.78 is 8.39. The average Bonchev–Trinajstić information content (AvgIpc) is 3.62. The quantitative estimate of drug-likeness (QED) is 0.424. The van der Waals surface area contributed by atoms with Gasteiger partial charge in [-0.1, -0.05) is 42.5 Å². The molecule has 1 fully saturated rings. The van der Waals surface area contributed by atoms with Gasteiger partial charge in [0.1, 0.15) is 17.6 Å². The Kier molecular flexibility index (Phi) is 5.71. The molecule has 0 aliphatic heterocycles. The molecule has 172 valence electrons. The number of carbonyl (C=O) groups excluding carboxylic acids is 2. The lowest BCUT2D eigenvalue weighted by atomic mass is 10.1. The number of hydrogen-bond acceptors (Lipinski definition) is 5. The van der Waals surface area contributed by atoms with Gasteiger partial charge in [0.05, 0.1) is 24.2 Å². The lowest BCUT2D eigenvalue weighted by Crippen LogP contribution is -2.25. The van der Waals surface area contributed by atoms with Crippen LogP contribution >= 0.6 is 0 Å². The number of anilines is 1. The van der Waals surface area contributed by atoms with Crippen molar-refractivity contribution in [3.63, 3.8) is 0 Å². The van der Waals surface area contributed by atoms with E-state index in [-0.39, 0.29) is 36.2 Å². The van der Waals surface area contributed by atoms with Crippen LogP contribution in [0.25, 0.3) is 22.2 Å². The molecule has 34 heavy (non-hydrogen) atoms. The highest BCUT2D eigenvalue weighted by Crippen LogP contribution is 2.34. The molecular weight excluding hydrogens is 432 g/mol. The number of ether oxygens (including phenoxy) is 1. The number of aromatic nitrogens is 3. The van der Waals surface area contributed by atoms with Gasteiger partial charge in [0, 0.05) is 17.8 Å². The maximum Gasteiger partial charge on any atom is 0.340 e. The van der Waals surface area contributed by atoms with Gasteiger partial charge in [0.15, 0.2) is 0 Å². The van der Waals surface area contributed by atoms with Crippen LogP contribution in [0.4, 0.5) is 5.69 Å². The van der Waals surface area contributed by atoms with Gasteiger partial charge < -0.3 is 14.6 Å². The first-order valence-electron chi connectivity index (χ1n) is 11.3. The highest BCUT2D eigenvalue weighted by molar-refractivity contribution is 6.02. The Hall–Kier alpha value is -4.20. The highest BCUT2D eigenvalue weighted by atomic mass is 16.5. The van der Waals surface area contributed by atoms with E-state index in [4.69, 9.17) is 4.74 Å². The number of para-hydroxylation sites is 1. The van der Waals surface area contributed by atoms with Crippen molar-refractivity contribution in [1.29, 1.82) is 0 Å². The summed E-state index contributed by atoms with van der Waals surface area (Å²) >= 11 is 0. The van der Waals surface area contributed by atoms with E-state index in [9.17, 15) is 14.4 Å². The first kappa shape index (κ1) is 21.6. The van der Waals surface area contributed by atoms with Gasteiger partial charge in [0.25, 0.3) is 5.56 Å². The summed E-state index contributed by atoms with van der Waals surface area (Å²) in [7, 11) is 0. The van der Waals surface area contributed by atoms with Crippen molar-refractivity contribution < 1.29 is 14.3 Å². The van der Waals surface area contributed by atoms with E-state index in [1.165, 1.54) is 0 Å². The molecule has 1 amide bonds. The van der Waals surface area contributed by atoms with Crippen molar-refractivity contribution in [2.24, 2.45) is 0 Å². The summed E-state index contributed by atoms with van der Waals surface area (Å²) in [6.07, 6.45) is 5.30. The third-order valence-electron chi connectivity index (χ3n) is 5.84. The molecule has 0 unspecified atom stereocenters. The third kappa shape index (κ3) is 4.10. The van der Waals surface area contributed by atoms with Crippen LogP contribution in [0.3, 0.4) is 0 Å². The Labute approximate surface area is 195 Å². The maximum atomic E-state index is 13.3. The van der Waals surface area contributed by atoms with Crippen LogP contribution in [0.1, 0.15) is 36.2 Å². The first-order valence-corrected chi connectivity index (χ1v) is 11.3. The topological polar surface area (TPSA) is 95.2 Å². The number of amides is 1. The van der Waals surface area contributed by atoms with E-state index in [1.54, 1.807) is 52.8 Å². The monoisotopic (exact) mass is 456 g/mol. The largest absolute Gasteiger partial charge is 0.462 e. The Balaban J connectivity index is 1.52. The van der Waals surface area contributed by atoms with Gasteiger partial charge in [-0.15, -0.1) is 0 Å². The minimum atomic E-state index is -0.507. The van der Waals surface area contributed by atoms with Crippen molar-refractivity contribution >= 4 is 28.6 Å². The van der Waals surface area contributed by atoms with E-state index >= 15 is 0 Å². The number of esters is 1. The summed E-state index contributed by atoms with van der Waals surface area (Å²) in [5, 5.41) is 2.79. The summed E-state index contributed by atoms with van der Waals surface area (Å²) in [6, 6.07) is 16.5. The van der Waals surface area contributed by atoms with Crippen LogP contribution in [0.5, 0.6) is 0 Å². The molecule has 1 aliphatic carbocycles. The van der Waals surface area contributed by atoms with Crippen molar-refractivity contribution in [1.82, 2.24) is 14.1 Å². The Morgan fingerprint density at radius 2 is 1.82 bits per heavy atom. The van der Waals surface area contributed by atoms with Crippen molar-refractivity contribution in [2.75, 3.05) is 11.9 Å². The second kappa shape index (κ2) is 8.97. The fraction of sp³-hybridized carbons (Fsp3) is 0.231. The summed E-state index contributed by atoms with van der Waals surface area (Å²) in [4.78, 5) is 43.2. The number of benzene rings is 2. The van der Waals surface area contributed by atoms with E-state index < -0.39 is 5.97 Å². The van der Waals surface area contributed by atoms with E-state index in [2.05, 4.69) is 10.3 Å². The van der Waals surface area contributed by atoms with Crippen LogP contribution in [-0.4, -0.2) is 32.6 Å². The number of nitrogens with one attached hydrogen (secondary N) is 1. The van der Waals surface area contributed by atoms with E-state index in [0.29, 0.717) is 16.7 Å². The Morgan fingerprint density at radius 3 is 2.56 bits per heavy atom. The van der Waals surface area contributed by atoms with Gasteiger partial charge >= 0.3 is 5.97 Å². The Bertz CT molecular complexity index is 1430. The fourth-order valence-electron chi connectivity index (χ4n) is 4.08. The third-order valence-corrected chi connectivity index (χ3v) is 5.84. The molecule has 0 spiro atoms.